The van der Waals surface area contributed by atoms with E-state index in [9.17, 15) is 14.7 Å². The summed E-state index contributed by atoms with van der Waals surface area (Å²) in [5, 5.41) is 12.2. The van der Waals surface area contributed by atoms with E-state index in [1.165, 1.54) is 0 Å². The van der Waals surface area contributed by atoms with Gasteiger partial charge < -0.3 is 10.4 Å². The Morgan fingerprint density at radius 2 is 1.52 bits per heavy atom. The third kappa shape index (κ3) is 3.28. The standard InChI is InChI=1S/C17H17NO3/c1-17(16(20)21,14-10-6-3-7-11-14)12-18-15(19)13-8-4-2-5-9-13/h2-11H,12H2,1H3,(H,18,19)(H,20,21). The number of amides is 1. The molecule has 0 heterocycles. The highest BCUT2D eigenvalue weighted by Gasteiger charge is 2.35. The van der Waals surface area contributed by atoms with Crippen LogP contribution >= 0.6 is 0 Å². The van der Waals surface area contributed by atoms with E-state index in [-0.39, 0.29) is 12.5 Å². The third-order valence-electron chi connectivity index (χ3n) is 3.52. The van der Waals surface area contributed by atoms with Gasteiger partial charge in [-0.3, -0.25) is 9.59 Å². The minimum atomic E-state index is -1.16. The number of carboxylic acids is 1. The van der Waals surface area contributed by atoms with Gasteiger partial charge in [0.25, 0.3) is 5.91 Å². The first-order valence-corrected chi connectivity index (χ1v) is 6.66. The van der Waals surface area contributed by atoms with Crippen LogP contribution in [0, 0.1) is 0 Å². The Kier molecular flexibility index (Phi) is 4.38. The number of nitrogens with one attached hydrogen (secondary N) is 1. The van der Waals surface area contributed by atoms with Crippen molar-refractivity contribution in [1.82, 2.24) is 5.32 Å². The van der Waals surface area contributed by atoms with Gasteiger partial charge in [0.15, 0.2) is 0 Å². The molecule has 0 fully saturated rings. The number of carboxylic acid groups (broad SMARTS) is 1. The van der Waals surface area contributed by atoms with Crippen LogP contribution in [0.25, 0.3) is 0 Å². The van der Waals surface area contributed by atoms with Crippen molar-refractivity contribution in [2.24, 2.45) is 0 Å². The van der Waals surface area contributed by atoms with Gasteiger partial charge in [-0.2, -0.15) is 0 Å². The number of hydrogen-bond donors (Lipinski definition) is 2. The summed E-state index contributed by atoms with van der Waals surface area (Å²) in [4.78, 5) is 23.7. The average molecular weight is 283 g/mol. The fraction of sp³-hybridized carbons (Fsp3) is 0.176. The maximum Gasteiger partial charge on any atom is 0.315 e. The maximum absolute atomic E-state index is 12.0. The Bertz CT molecular complexity index is 625. The summed E-state index contributed by atoms with van der Waals surface area (Å²) in [6.07, 6.45) is 0. The second-order valence-corrected chi connectivity index (χ2v) is 5.05. The van der Waals surface area contributed by atoms with Gasteiger partial charge in [-0.05, 0) is 24.6 Å². The Labute approximate surface area is 123 Å². The summed E-state index contributed by atoms with van der Waals surface area (Å²) in [7, 11) is 0. The molecule has 0 aromatic heterocycles. The fourth-order valence-corrected chi connectivity index (χ4v) is 2.06. The minimum absolute atomic E-state index is 0.0279. The summed E-state index contributed by atoms with van der Waals surface area (Å²) < 4.78 is 0. The highest BCUT2D eigenvalue weighted by Crippen LogP contribution is 2.23. The van der Waals surface area contributed by atoms with Gasteiger partial charge in [-0.25, -0.2) is 0 Å². The van der Waals surface area contributed by atoms with E-state index < -0.39 is 11.4 Å². The largest absolute Gasteiger partial charge is 0.481 e. The first kappa shape index (κ1) is 14.8. The lowest BCUT2D eigenvalue weighted by Gasteiger charge is -2.25. The van der Waals surface area contributed by atoms with Crippen LogP contribution in [0.15, 0.2) is 60.7 Å². The monoisotopic (exact) mass is 283 g/mol. The zero-order valence-electron chi connectivity index (χ0n) is 11.7. The van der Waals surface area contributed by atoms with E-state index in [0.717, 1.165) is 0 Å². The second-order valence-electron chi connectivity index (χ2n) is 5.05. The molecule has 2 aromatic carbocycles. The van der Waals surface area contributed by atoms with Crippen molar-refractivity contribution in [3.05, 3.63) is 71.8 Å². The van der Waals surface area contributed by atoms with Crippen molar-refractivity contribution >= 4 is 11.9 Å². The molecule has 21 heavy (non-hydrogen) atoms. The summed E-state index contributed by atoms with van der Waals surface area (Å²) in [6.45, 7) is 1.63. The third-order valence-corrected chi connectivity index (χ3v) is 3.52. The van der Waals surface area contributed by atoms with Gasteiger partial charge in [0.1, 0.15) is 5.41 Å². The van der Waals surface area contributed by atoms with Crippen molar-refractivity contribution in [3.63, 3.8) is 0 Å². The van der Waals surface area contributed by atoms with Crippen LogP contribution in [0.3, 0.4) is 0 Å². The molecule has 0 aliphatic rings. The lowest BCUT2D eigenvalue weighted by molar-refractivity contribution is -0.142. The second kappa shape index (κ2) is 6.22. The molecule has 4 nitrogen and oxygen atoms in total. The van der Waals surface area contributed by atoms with Crippen molar-refractivity contribution in [1.29, 1.82) is 0 Å². The van der Waals surface area contributed by atoms with Crippen molar-refractivity contribution < 1.29 is 14.7 Å². The average Bonchev–Trinajstić information content (AvgIpc) is 2.53. The Morgan fingerprint density at radius 1 is 1.00 bits per heavy atom. The minimum Gasteiger partial charge on any atom is -0.481 e. The topological polar surface area (TPSA) is 66.4 Å². The van der Waals surface area contributed by atoms with Gasteiger partial charge >= 0.3 is 5.97 Å². The molecule has 108 valence electrons. The van der Waals surface area contributed by atoms with Gasteiger partial charge in [0.05, 0.1) is 0 Å². The van der Waals surface area contributed by atoms with E-state index in [1.807, 2.05) is 12.1 Å². The summed E-state index contributed by atoms with van der Waals surface area (Å²) >= 11 is 0. The SMILES string of the molecule is CC(CNC(=O)c1ccccc1)(C(=O)O)c1ccccc1. The molecule has 4 heteroatoms. The van der Waals surface area contributed by atoms with Crippen LogP contribution in [0.4, 0.5) is 0 Å². The van der Waals surface area contributed by atoms with E-state index in [1.54, 1.807) is 55.5 Å². The van der Waals surface area contributed by atoms with E-state index in [2.05, 4.69) is 5.32 Å². The molecule has 0 radical (unpaired) electrons. The summed E-state index contributed by atoms with van der Waals surface area (Å²) in [5.41, 5.74) is 0.00951. The van der Waals surface area contributed by atoms with Crippen molar-refractivity contribution in [2.75, 3.05) is 6.54 Å². The van der Waals surface area contributed by atoms with Crippen LogP contribution in [-0.2, 0) is 10.2 Å². The van der Waals surface area contributed by atoms with Crippen LogP contribution in [-0.4, -0.2) is 23.5 Å². The quantitative estimate of drug-likeness (QED) is 0.885. The Balaban J connectivity index is 2.15. The molecular formula is C17H17NO3. The number of carbonyl (C=O) groups is 2. The number of carbonyl (C=O) groups excluding carboxylic acids is 1. The highest BCUT2D eigenvalue weighted by atomic mass is 16.4. The molecule has 2 N–H and O–H groups in total. The molecule has 2 rings (SSSR count). The smallest absolute Gasteiger partial charge is 0.315 e. The molecule has 1 unspecified atom stereocenters. The number of benzene rings is 2. The molecule has 1 amide bonds. The van der Waals surface area contributed by atoms with Crippen molar-refractivity contribution in [2.45, 2.75) is 12.3 Å². The molecule has 0 bridgehead atoms. The first-order valence-electron chi connectivity index (χ1n) is 6.66. The van der Waals surface area contributed by atoms with Gasteiger partial charge in [-0.1, -0.05) is 48.5 Å². The van der Waals surface area contributed by atoms with Gasteiger partial charge in [-0.15, -0.1) is 0 Å². The molecule has 1 atom stereocenters. The predicted molar refractivity (Wildman–Crippen MR) is 80.2 cm³/mol. The Morgan fingerprint density at radius 3 is 2.05 bits per heavy atom. The predicted octanol–water partition coefficient (Wildman–Crippen LogP) is 2.46. The molecule has 2 aromatic rings. The van der Waals surface area contributed by atoms with E-state index >= 15 is 0 Å². The van der Waals surface area contributed by atoms with Crippen LogP contribution in [0.1, 0.15) is 22.8 Å². The highest BCUT2D eigenvalue weighted by molar-refractivity contribution is 5.94. The molecular weight excluding hydrogens is 266 g/mol. The number of hydrogen-bond acceptors (Lipinski definition) is 2. The molecule has 0 aliphatic heterocycles. The van der Waals surface area contributed by atoms with Crippen LogP contribution < -0.4 is 5.32 Å². The zero-order valence-corrected chi connectivity index (χ0v) is 11.7. The molecule has 0 saturated carbocycles. The van der Waals surface area contributed by atoms with E-state index in [4.69, 9.17) is 0 Å². The lowest BCUT2D eigenvalue weighted by atomic mass is 9.82. The number of aliphatic carboxylic acids is 1. The lowest BCUT2D eigenvalue weighted by Crippen LogP contribution is -2.44. The fourth-order valence-electron chi connectivity index (χ4n) is 2.06. The molecule has 0 spiro atoms. The molecule has 0 aliphatic carbocycles. The van der Waals surface area contributed by atoms with Crippen molar-refractivity contribution in [3.8, 4) is 0 Å². The summed E-state index contributed by atoms with van der Waals surface area (Å²) in [5.74, 6) is -1.25. The first-order chi connectivity index (χ1) is 10.0. The Hall–Kier alpha value is -2.62. The van der Waals surface area contributed by atoms with Gasteiger partial charge in [0, 0.05) is 12.1 Å². The normalized spacial score (nSPS) is 13.2. The maximum atomic E-state index is 12.0. The molecule has 0 saturated heterocycles. The van der Waals surface area contributed by atoms with Crippen LogP contribution in [0.5, 0.6) is 0 Å². The van der Waals surface area contributed by atoms with Crippen LogP contribution in [0.2, 0.25) is 0 Å². The van der Waals surface area contributed by atoms with Gasteiger partial charge in [0.2, 0.25) is 0 Å². The van der Waals surface area contributed by atoms with E-state index in [0.29, 0.717) is 11.1 Å². The summed E-state index contributed by atoms with van der Waals surface area (Å²) in [6, 6.07) is 17.6. The zero-order chi connectivity index (χ0) is 15.3. The number of rotatable bonds is 5.